The van der Waals surface area contributed by atoms with Gasteiger partial charge in [-0.05, 0) is 24.7 Å². The number of carbonyl (C=O) groups excluding carboxylic acids is 1. The van der Waals surface area contributed by atoms with E-state index >= 15 is 0 Å². The van der Waals surface area contributed by atoms with Crippen LogP contribution in [0.3, 0.4) is 0 Å². The van der Waals surface area contributed by atoms with Crippen molar-refractivity contribution >= 4 is 18.3 Å². The van der Waals surface area contributed by atoms with Gasteiger partial charge in [0.15, 0.2) is 0 Å². The lowest BCUT2D eigenvalue weighted by molar-refractivity contribution is -0.141. The molecule has 0 radical (unpaired) electrons. The smallest absolute Gasteiger partial charge is 0.230 e. The number of rotatable bonds is 4. The third kappa shape index (κ3) is 3.35. The lowest BCUT2D eigenvalue weighted by atomic mass is 9.81. The average molecular weight is 263 g/mol. The van der Waals surface area contributed by atoms with Crippen molar-refractivity contribution in [1.29, 1.82) is 0 Å². The number of nitrogens with zero attached hydrogens (tertiary/aromatic N) is 1. The molecule has 0 aromatic heterocycles. The Morgan fingerprint density at radius 1 is 1.35 bits per heavy atom. The maximum Gasteiger partial charge on any atom is 0.230 e. The van der Waals surface area contributed by atoms with Crippen LogP contribution in [0.4, 0.5) is 0 Å². The molecular formula is C13H27ClN2O. The van der Waals surface area contributed by atoms with Gasteiger partial charge in [0, 0.05) is 19.6 Å². The third-order valence-electron chi connectivity index (χ3n) is 4.16. The minimum absolute atomic E-state index is 0. The van der Waals surface area contributed by atoms with Crippen LogP contribution in [0.15, 0.2) is 0 Å². The van der Waals surface area contributed by atoms with E-state index < -0.39 is 0 Å². The molecule has 0 spiro atoms. The highest BCUT2D eigenvalue weighted by Crippen LogP contribution is 2.34. The van der Waals surface area contributed by atoms with Crippen LogP contribution in [0, 0.1) is 10.8 Å². The van der Waals surface area contributed by atoms with Crippen LogP contribution in [-0.4, -0.2) is 30.4 Å². The molecule has 1 fully saturated rings. The fourth-order valence-electron chi connectivity index (χ4n) is 2.55. The Bertz CT molecular complexity index is 254. The summed E-state index contributed by atoms with van der Waals surface area (Å²) in [5.74, 6) is 0.269. The first-order valence-electron chi connectivity index (χ1n) is 6.40. The van der Waals surface area contributed by atoms with Gasteiger partial charge < -0.3 is 10.6 Å². The van der Waals surface area contributed by atoms with E-state index in [0.717, 1.165) is 32.4 Å². The summed E-state index contributed by atoms with van der Waals surface area (Å²) in [6.45, 7) is 10.8. The Kier molecular flexibility index (Phi) is 5.95. The molecule has 17 heavy (non-hydrogen) atoms. The van der Waals surface area contributed by atoms with Gasteiger partial charge >= 0.3 is 0 Å². The molecule has 3 nitrogen and oxygen atoms in total. The molecule has 0 aliphatic carbocycles. The fraction of sp³-hybridized carbons (Fsp3) is 0.923. The molecule has 4 heteroatoms. The molecule has 0 unspecified atom stereocenters. The average Bonchev–Trinajstić information content (AvgIpc) is 2.62. The minimum Gasteiger partial charge on any atom is -0.342 e. The van der Waals surface area contributed by atoms with Crippen LogP contribution in [0.2, 0.25) is 0 Å². The van der Waals surface area contributed by atoms with Crippen LogP contribution < -0.4 is 5.73 Å². The van der Waals surface area contributed by atoms with Crippen LogP contribution in [0.25, 0.3) is 0 Å². The lowest BCUT2D eigenvalue weighted by Crippen LogP contribution is -2.47. The van der Waals surface area contributed by atoms with Gasteiger partial charge in [-0.2, -0.15) is 0 Å². The first-order valence-corrected chi connectivity index (χ1v) is 6.40. The highest BCUT2D eigenvalue weighted by Gasteiger charge is 2.41. The SMILES string of the molecule is CCC(CC)(CN)C(=O)N1CCC(C)(C)C1.Cl. The van der Waals surface area contributed by atoms with Crippen LogP contribution in [-0.2, 0) is 4.79 Å². The zero-order valence-electron chi connectivity index (χ0n) is 11.6. The van der Waals surface area contributed by atoms with E-state index in [4.69, 9.17) is 5.73 Å². The zero-order valence-corrected chi connectivity index (χ0v) is 12.4. The summed E-state index contributed by atoms with van der Waals surface area (Å²) in [6.07, 6.45) is 2.79. The molecular weight excluding hydrogens is 236 g/mol. The zero-order chi connectivity index (χ0) is 12.4. The van der Waals surface area contributed by atoms with Crippen LogP contribution >= 0.6 is 12.4 Å². The number of halogens is 1. The summed E-state index contributed by atoms with van der Waals surface area (Å²) in [5.41, 5.74) is 5.77. The molecule has 0 bridgehead atoms. The summed E-state index contributed by atoms with van der Waals surface area (Å²) in [6, 6.07) is 0. The Morgan fingerprint density at radius 3 is 2.18 bits per heavy atom. The van der Waals surface area contributed by atoms with Crippen molar-refractivity contribution in [3.8, 4) is 0 Å². The van der Waals surface area contributed by atoms with Gasteiger partial charge in [-0.3, -0.25) is 4.79 Å². The Balaban J connectivity index is 0.00000256. The number of hydrogen-bond donors (Lipinski definition) is 1. The number of carbonyl (C=O) groups is 1. The Morgan fingerprint density at radius 2 is 1.88 bits per heavy atom. The summed E-state index contributed by atoms with van der Waals surface area (Å²) in [7, 11) is 0. The highest BCUT2D eigenvalue weighted by molar-refractivity contribution is 5.85. The summed E-state index contributed by atoms with van der Waals surface area (Å²) >= 11 is 0. The van der Waals surface area contributed by atoms with E-state index in [-0.39, 0.29) is 29.1 Å². The monoisotopic (exact) mass is 262 g/mol. The molecule has 1 saturated heterocycles. The van der Waals surface area contributed by atoms with Crippen molar-refractivity contribution < 1.29 is 4.79 Å². The van der Waals surface area contributed by atoms with Crippen molar-refractivity contribution in [2.24, 2.45) is 16.6 Å². The van der Waals surface area contributed by atoms with E-state index in [2.05, 4.69) is 27.7 Å². The van der Waals surface area contributed by atoms with E-state index in [1.54, 1.807) is 0 Å². The van der Waals surface area contributed by atoms with Gasteiger partial charge in [0.05, 0.1) is 5.41 Å². The summed E-state index contributed by atoms with van der Waals surface area (Å²) in [4.78, 5) is 14.5. The molecule has 1 heterocycles. The normalized spacial score (nSPS) is 19.0. The molecule has 0 atom stereocenters. The molecule has 1 rings (SSSR count). The summed E-state index contributed by atoms with van der Waals surface area (Å²) < 4.78 is 0. The fourth-order valence-corrected chi connectivity index (χ4v) is 2.55. The number of hydrogen-bond acceptors (Lipinski definition) is 2. The predicted octanol–water partition coefficient (Wildman–Crippen LogP) is 2.43. The van der Waals surface area contributed by atoms with Gasteiger partial charge in [0.1, 0.15) is 0 Å². The second kappa shape index (κ2) is 6.05. The van der Waals surface area contributed by atoms with E-state index in [0.29, 0.717) is 6.54 Å². The quantitative estimate of drug-likeness (QED) is 0.846. The van der Waals surface area contributed by atoms with Crippen LogP contribution in [0.5, 0.6) is 0 Å². The first kappa shape index (κ1) is 16.7. The van der Waals surface area contributed by atoms with Crippen molar-refractivity contribution in [2.45, 2.75) is 47.0 Å². The number of amides is 1. The molecule has 0 saturated carbocycles. The highest BCUT2D eigenvalue weighted by atomic mass is 35.5. The molecule has 2 N–H and O–H groups in total. The minimum atomic E-state index is -0.319. The second-order valence-corrected chi connectivity index (χ2v) is 5.83. The van der Waals surface area contributed by atoms with Gasteiger partial charge in [0.25, 0.3) is 0 Å². The first-order chi connectivity index (χ1) is 7.40. The van der Waals surface area contributed by atoms with Crippen molar-refractivity contribution in [1.82, 2.24) is 4.90 Å². The molecule has 0 aromatic rings. The number of nitrogens with two attached hydrogens (primary N) is 1. The number of likely N-dealkylation sites (tertiary alicyclic amines) is 1. The van der Waals surface area contributed by atoms with E-state index in [9.17, 15) is 4.79 Å². The standard InChI is InChI=1S/C13H26N2O.ClH/c1-5-13(6-2,9-14)11(16)15-8-7-12(3,4)10-15;/h5-10,14H2,1-4H3;1H. The van der Waals surface area contributed by atoms with Gasteiger partial charge in [-0.15, -0.1) is 12.4 Å². The van der Waals surface area contributed by atoms with Gasteiger partial charge in [0.2, 0.25) is 5.91 Å². The molecule has 102 valence electrons. The van der Waals surface area contributed by atoms with Crippen molar-refractivity contribution in [2.75, 3.05) is 19.6 Å². The largest absolute Gasteiger partial charge is 0.342 e. The lowest BCUT2D eigenvalue weighted by Gasteiger charge is -2.33. The maximum absolute atomic E-state index is 12.5. The molecule has 1 aliphatic heterocycles. The van der Waals surface area contributed by atoms with E-state index in [1.807, 2.05) is 4.90 Å². The van der Waals surface area contributed by atoms with Crippen LogP contribution in [0.1, 0.15) is 47.0 Å². The Hall–Kier alpha value is -0.280. The molecule has 1 amide bonds. The Labute approximate surface area is 112 Å². The molecule has 1 aliphatic rings. The molecule has 0 aromatic carbocycles. The summed E-state index contributed by atoms with van der Waals surface area (Å²) in [5, 5.41) is 0. The predicted molar refractivity (Wildman–Crippen MR) is 74.3 cm³/mol. The van der Waals surface area contributed by atoms with E-state index in [1.165, 1.54) is 0 Å². The topological polar surface area (TPSA) is 46.3 Å². The van der Waals surface area contributed by atoms with Gasteiger partial charge in [-0.1, -0.05) is 27.7 Å². The van der Waals surface area contributed by atoms with Gasteiger partial charge in [-0.25, -0.2) is 0 Å². The maximum atomic E-state index is 12.5. The van der Waals surface area contributed by atoms with Crippen molar-refractivity contribution in [3.63, 3.8) is 0 Å². The third-order valence-corrected chi connectivity index (χ3v) is 4.16. The second-order valence-electron chi connectivity index (χ2n) is 5.83. The van der Waals surface area contributed by atoms with Crippen molar-refractivity contribution in [3.05, 3.63) is 0 Å².